The van der Waals surface area contributed by atoms with Crippen molar-refractivity contribution in [2.75, 3.05) is 26.2 Å². The molecule has 0 aromatic carbocycles. The van der Waals surface area contributed by atoms with Crippen LogP contribution >= 0.6 is 0 Å². The Morgan fingerprint density at radius 1 is 1.14 bits per heavy atom. The average Bonchev–Trinajstić information content (AvgIpc) is 2.74. The van der Waals surface area contributed by atoms with Crippen molar-refractivity contribution in [1.82, 2.24) is 14.8 Å². The lowest BCUT2D eigenvalue weighted by Gasteiger charge is -2.18. The van der Waals surface area contributed by atoms with Crippen LogP contribution in [0.1, 0.15) is 32.1 Å². The van der Waals surface area contributed by atoms with Crippen molar-refractivity contribution < 1.29 is 4.79 Å². The smallest absolute Gasteiger partial charge is 0.250 e. The van der Waals surface area contributed by atoms with Crippen LogP contribution in [0, 0.1) is 0 Å². The Kier molecular flexibility index (Phi) is 6.47. The van der Waals surface area contributed by atoms with Crippen molar-refractivity contribution in [2.45, 2.75) is 38.6 Å². The van der Waals surface area contributed by atoms with Crippen molar-refractivity contribution in [3.63, 3.8) is 0 Å². The lowest BCUT2D eigenvalue weighted by Crippen LogP contribution is -2.38. The Hall–Kier alpha value is -1.62. The third kappa shape index (κ3) is 5.71. The fraction of sp³-hybridized carbons (Fsp3) is 0.625. The zero-order chi connectivity index (χ0) is 14.9. The average molecular weight is 291 g/mol. The van der Waals surface area contributed by atoms with Gasteiger partial charge in [0.15, 0.2) is 0 Å². The summed E-state index contributed by atoms with van der Waals surface area (Å²) >= 11 is 0. The fourth-order valence-corrected chi connectivity index (χ4v) is 2.68. The molecule has 0 bridgehead atoms. The number of aromatic nitrogens is 1. The number of carbonyl (C=O) groups excluding carboxylic acids is 1. The highest BCUT2D eigenvalue weighted by molar-refractivity contribution is 5.77. The lowest BCUT2D eigenvalue weighted by atomic mass is 10.2. The summed E-state index contributed by atoms with van der Waals surface area (Å²) in [7, 11) is 0. The molecule has 2 rings (SSSR count). The molecule has 1 aliphatic rings. The molecule has 0 saturated carbocycles. The van der Waals surface area contributed by atoms with Gasteiger partial charge in [0.2, 0.25) is 11.5 Å². The monoisotopic (exact) mass is 291 g/mol. The minimum Gasteiger partial charge on any atom is -0.355 e. The van der Waals surface area contributed by atoms with E-state index in [-0.39, 0.29) is 11.5 Å². The second-order valence-corrected chi connectivity index (χ2v) is 5.63. The normalized spacial score (nSPS) is 16.4. The first-order valence-electron chi connectivity index (χ1n) is 7.90. The Bertz CT molecular complexity index is 490. The Labute approximate surface area is 126 Å². The predicted molar refractivity (Wildman–Crippen MR) is 83.2 cm³/mol. The van der Waals surface area contributed by atoms with Gasteiger partial charge in [0.05, 0.1) is 6.54 Å². The minimum absolute atomic E-state index is 0.00777. The zero-order valence-electron chi connectivity index (χ0n) is 12.6. The number of hydrogen-bond acceptors (Lipinski definition) is 3. The molecular formula is C16H25N3O2. The molecule has 1 N–H and O–H groups in total. The molecule has 1 amide bonds. The van der Waals surface area contributed by atoms with Crippen LogP contribution < -0.4 is 10.9 Å². The molecule has 5 heteroatoms. The summed E-state index contributed by atoms with van der Waals surface area (Å²) in [4.78, 5) is 25.6. The quantitative estimate of drug-likeness (QED) is 0.802. The first-order chi connectivity index (χ1) is 10.3. The summed E-state index contributed by atoms with van der Waals surface area (Å²) in [5, 5.41) is 2.94. The van der Waals surface area contributed by atoms with E-state index in [1.165, 1.54) is 25.7 Å². The van der Waals surface area contributed by atoms with Gasteiger partial charge in [-0.3, -0.25) is 14.5 Å². The first-order valence-corrected chi connectivity index (χ1v) is 7.90. The maximum absolute atomic E-state index is 11.9. The van der Waals surface area contributed by atoms with Crippen LogP contribution in [-0.4, -0.2) is 41.6 Å². The molecule has 1 fully saturated rings. The highest BCUT2D eigenvalue weighted by Gasteiger charge is 2.12. The van der Waals surface area contributed by atoms with E-state index >= 15 is 0 Å². The number of hydrogen-bond donors (Lipinski definition) is 1. The van der Waals surface area contributed by atoms with Crippen LogP contribution in [0.15, 0.2) is 29.2 Å². The van der Waals surface area contributed by atoms with E-state index in [0.29, 0.717) is 19.6 Å². The Morgan fingerprint density at radius 3 is 2.62 bits per heavy atom. The third-order valence-electron chi connectivity index (χ3n) is 3.86. The van der Waals surface area contributed by atoms with Gasteiger partial charge in [0, 0.05) is 25.4 Å². The van der Waals surface area contributed by atoms with Crippen molar-refractivity contribution in [3.05, 3.63) is 34.7 Å². The van der Waals surface area contributed by atoms with E-state index in [2.05, 4.69) is 10.2 Å². The highest BCUT2D eigenvalue weighted by Crippen LogP contribution is 2.08. The van der Waals surface area contributed by atoms with Crippen LogP contribution in [0.5, 0.6) is 0 Å². The molecule has 0 spiro atoms. The number of aryl methyl sites for hydroxylation is 1. The van der Waals surface area contributed by atoms with E-state index < -0.39 is 0 Å². The molecule has 0 radical (unpaired) electrons. The van der Waals surface area contributed by atoms with Crippen molar-refractivity contribution in [2.24, 2.45) is 0 Å². The van der Waals surface area contributed by atoms with Crippen LogP contribution in [0.3, 0.4) is 0 Å². The lowest BCUT2D eigenvalue weighted by molar-refractivity contribution is -0.122. The maximum atomic E-state index is 11.9. The van der Waals surface area contributed by atoms with Crippen molar-refractivity contribution in [3.8, 4) is 0 Å². The number of amides is 1. The van der Waals surface area contributed by atoms with Crippen LogP contribution in [0.25, 0.3) is 0 Å². The predicted octanol–water partition coefficient (Wildman–Crippen LogP) is 1.23. The first kappa shape index (κ1) is 15.8. The standard InChI is InChI=1S/C16H25N3O2/c20-15(14-18-10-4-1-2-5-11-18)17-9-7-13-19-12-6-3-8-16(19)21/h3,6,8,12H,1-2,4-5,7,9-11,13-14H2,(H,17,20). The molecule has 0 unspecified atom stereocenters. The molecule has 5 nitrogen and oxygen atoms in total. The molecule has 1 saturated heterocycles. The van der Waals surface area contributed by atoms with E-state index in [9.17, 15) is 9.59 Å². The number of nitrogens with one attached hydrogen (secondary N) is 1. The number of rotatable bonds is 6. The number of nitrogens with zero attached hydrogens (tertiary/aromatic N) is 2. The maximum Gasteiger partial charge on any atom is 0.250 e. The van der Waals surface area contributed by atoms with Gasteiger partial charge in [-0.05, 0) is 38.4 Å². The molecule has 21 heavy (non-hydrogen) atoms. The van der Waals surface area contributed by atoms with Gasteiger partial charge < -0.3 is 9.88 Å². The number of carbonyl (C=O) groups is 1. The molecule has 1 aromatic heterocycles. The molecular weight excluding hydrogens is 266 g/mol. The molecule has 2 heterocycles. The van der Waals surface area contributed by atoms with Crippen molar-refractivity contribution in [1.29, 1.82) is 0 Å². The van der Waals surface area contributed by atoms with Gasteiger partial charge in [-0.25, -0.2) is 0 Å². The van der Waals surface area contributed by atoms with Gasteiger partial charge in [-0.15, -0.1) is 0 Å². The molecule has 1 aromatic rings. The highest BCUT2D eigenvalue weighted by atomic mass is 16.2. The Morgan fingerprint density at radius 2 is 1.90 bits per heavy atom. The summed E-state index contributed by atoms with van der Waals surface area (Å²) < 4.78 is 1.67. The van der Waals surface area contributed by atoms with E-state index in [4.69, 9.17) is 0 Å². The third-order valence-corrected chi connectivity index (χ3v) is 3.86. The molecule has 0 aliphatic carbocycles. The van der Waals surface area contributed by atoms with Crippen molar-refractivity contribution >= 4 is 5.91 Å². The minimum atomic E-state index is 0.00777. The summed E-state index contributed by atoms with van der Waals surface area (Å²) in [5.41, 5.74) is 0.00777. The summed E-state index contributed by atoms with van der Waals surface area (Å²) in [5.74, 6) is 0.0947. The Balaban J connectivity index is 1.63. The summed E-state index contributed by atoms with van der Waals surface area (Å²) in [6.45, 7) is 3.84. The largest absolute Gasteiger partial charge is 0.355 e. The number of pyridine rings is 1. The van der Waals surface area contributed by atoms with Crippen LogP contribution in [0.2, 0.25) is 0 Å². The van der Waals surface area contributed by atoms with Gasteiger partial charge >= 0.3 is 0 Å². The van der Waals surface area contributed by atoms with E-state index in [0.717, 1.165) is 19.5 Å². The second-order valence-electron chi connectivity index (χ2n) is 5.63. The number of likely N-dealkylation sites (tertiary alicyclic amines) is 1. The topological polar surface area (TPSA) is 54.3 Å². The van der Waals surface area contributed by atoms with Gasteiger partial charge in [0.25, 0.3) is 0 Å². The van der Waals surface area contributed by atoms with Gasteiger partial charge in [-0.2, -0.15) is 0 Å². The summed E-state index contributed by atoms with van der Waals surface area (Å²) in [6, 6.07) is 5.14. The SMILES string of the molecule is O=C(CN1CCCCCC1)NCCCn1ccccc1=O. The van der Waals surface area contributed by atoms with Crippen LogP contribution in [-0.2, 0) is 11.3 Å². The van der Waals surface area contributed by atoms with Gasteiger partial charge in [0.1, 0.15) is 0 Å². The molecule has 0 atom stereocenters. The van der Waals surface area contributed by atoms with Gasteiger partial charge in [-0.1, -0.05) is 18.9 Å². The second kappa shape index (κ2) is 8.62. The zero-order valence-corrected chi connectivity index (χ0v) is 12.6. The van der Waals surface area contributed by atoms with E-state index in [1.54, 1.807) is 22.9 Å². The summed E-state index contributed by atoms with van der Waals surface area (Å²) in [6.07, 6.45) is 7.51. The molecule has 1 aliphatic heterocycles. The molecule has 116 valence electrons. The van der Waals surface area contributed by atoms with Crippen LogP contribution in [0.4, 0.5) is 0 Å². The fourth-order valence-electron chi connectivity index (χ4n) is 2.68. The van der Waals surface area contributed by atoms with E-state index in [1.807, 2.05) is 6.07 Å².